The normalized spacial score (nSPS) is 16.0. The number of aliphatic hydroxyl groups is 1. The molecule has 3 fully saturated rings. The van der Waals surface area contributed by atoms with Gasteiger partial charge >= 0.3 is 17.9 Å². The number of carbonyl (C=O) groups is 3. The third-order valence-electron chi connectivity index (χ3n) is 16.7. The molecule has 2 N–H and O–H groups in total. The van der Waals surface area contributed by atoms with E-state index in [1.807, 2.05) is 153 Å². The fourth-order valence-corrected chi connectivity index (χ4v) is 11.1. The first-order chi connectivity index (χ1) is 40.6. The Bertz CT molecular complexity index is 3410. The summed E-state index contributed by atoms with van der Waals surface area (Å²) in [5, 5.41) is 21.5. The Hall–Kier alpha value is -8.54. The van der Waals surface area contributed by atoms with Crippen molar-refractivity contribution in [3.8, 4) is 17.2 Å². The quantitative estimate of drug-likeness (QED) is 0.0523. The summed E-state index contributed by atoms with van der Waals surface area (Å²) < 4.78 is 27.0. The highest BCUT2D eigenvalue weighted by Gasteiger charge is 2.57. The second-order valence-corrected chi connectivity index (χ2v) is 23.0. The zero-order valence-corrected chi connectivity index (χ0v) is 49.1. The summed E-state index contributed by atoms with van der Waals surface area (Å²) in [5.74, 6) is 1.54. The molecular formula is C73H77NO10. The Morgan fingerprint density at radius 2 is 0.833 bits per heavy atom. The molecule has 434 valence electrons. The van der Waals surface area contributed by atoms with Gasteiger partial charge in [0.15, 0.2) is 0 Å². The minimum absolute atomic E-state index is 0.245. The van der Waals surface area contributed by atoms with Crippen molar-refractivity contribution in [3.63, 3.8) is 0 Å². The number of aromatic hydroxyl groups is 1. The summed E-state index contributed by atoms with van der Waals surface area (Å²) >= 11 is 0. The van der Waals surface area contributed by atoms with Crippen LogP contribution < -0.4 is 9.47 Å². The van der Waals surface area contributed by atoms with E-state index in [-0.39, 0.29) is 45.8 Å². The summed E-state index contributed by atoms with van der Waals surface area (Å²) in [6.45, 7) is 14.2. The molecular weight excluding hydrogens is 1050 g/mol. The van der Waals surface area contributed by atoms with Gasteiger partial charge in [-0.3, -0.25) is 4.98 Å². The summed E-state index contributed by atoms with van der Waals surface area (Å²) in [5.41, 5.74) is 9.29. The number of benzene rings is 7. The smallest absolute Gasteiger partial charge is 0.338 e. The predicted molar refractivity (Wildman–Crippen MR) is 326 cm³/mol. The maximum atomic E-state index is 12.0. The molecule has 11 rings (SSSR count). The molecule has 1 aromatic heterocycles. The molecule has 11 nitrogen and oxygen atoms in total. The zero-order chi connectivity index (χ0) is 59.3. The lowest BCUT2D eigenvalue weighted by Gasteiger charge is -2.36. The van der Waals surface area contributed by atoms with Crippen LogP contribution in [0.2, 0.25) is 0 Å². The molecule has 0 aliphatic heterocycles. The predicted octanol–water partition coefficient (Wildman–Crippen LogP) is 15.7. The molecule has 3 atom stereocenters. The van der Waals surface area contributed by atoms with Gasteiger partial charge in [-0.15, -0.1) is 0 Å². The van der Waals surface area contributed by atoms with E-state index in [4.69, 9.17) is 23.7 Å². The Kier molecular flexibility index (Phi) is 19.2. The first-order valence-electron chi connectivity index (χ1n) is 29.3. The standard InChI is InChI=1S/C27H28O4.C26H27NO3.C20H22O3/c1-3-30-25(28)21-9-11-22(12-10-21)27(29,26(2)17-18-26)23-13-15-24(16-14-23)31-19-20-7-5-4-6-8-20;1-3-29-25(28)21-9-7-19(8-10-21)24(26(2)15-16-26)20-11-13-23(14-12-20)30-18-22-6-4-5-17-27-22;1-3-23-19(22)16-6-4-14(5-7-16)18(20(2)12-13-20)15-8-10-17(21)11-9-15/h4-16,29H,3,17-19H2,1-2H3;4-14,17,24H,3,15-16,18H2,1-2H3;4-11,18,21H,3,12-13H2,1-2H3. The van der Waals surface area contributed by atoms with Crippen LogP contribution in [-0.4, -0.2) is 52.9 Å². The van der Waals surface area contributed by atoms with E-state index in [0.29, 0.717) is 55.6 Å². The molecule has 11 heteroatoms. The number of carbonyl (C=O) groups excluding carboxylic acids is 3. The van der Waals surface area contributed by atoms with Crippen molar-refractivity contribution in [2.24, 2.45) is 16.2 Å². The molecule has 7 aromatic carbocycles. The zero-order valence-electron chi connectivity index (χ0n) is 49.1. The van der Waals surface area contributed by atoms with Gasteiger partial charge in [0.2, 0.25) is 0 Å². The molecule has 84 heavy (non-hydrogen) atoms. The fourth-order valence-electron chi connectivity index (χ4n) is 11.1. The van der Waals surface area contributed by atoms with Crippen molar-refractivity contribution in [2.45, 2.75) is 111 Å². The number of ether oxygens (including phenoxy) is 5. The van der Waals surface area contributed by atoms with Gasteiger partial charge < -0.3 is 33.9 Å². The Balaban J connectivity index is 0.000000153. The van der Waals surface area contributed by atoms with Crippen molar-refractivity contribution in [1.82, 2.24) is 4.98 Å². The highest BCUT2D eigenvalue weighted by molar-refractivity contribution is 5.90. The highest BCUT2D eigenvalue weighted by Crippen LogP contribution is 2.61. The molecule has 0 radical (unpaired) electrons. The van der Waals surface area contributed by atoms with Crippen LogP contribution in [0.3, 0.4) is 0 Å². The van der Waals surface area contributed by atoms with Crippen molar-refractivity contribution >= 4 is 17.9 Å². The number of phenolic OH excluding ortho intramolecular Hbond substituents is 1. The van der Waals surface area contributed by atoms with Gasteiger partial charge in [-0.05, 0) is 194 Å². The molecule has 3 aliphatic carbocycles. The number of esters is 3. The number of hydrogen-bond donors (Lipinski definition) is 2. The molecule has 0 amide bonds. The van der Waals surface area contributed by atoms with Gasteiger partial charge in [-0.1, -0.05) is 130 Å². The molecule has 8 aromatic rings. The lowest BCUT2D eigenvalue weighted by atomic mass is 9.74. The van der Waals surface area contributed by atoms with E-state index < -0.39 is 5.60 Å². The average Bonchev–Trinajstić information content (AvgIpc) is 1.75. The number of aromatic nitrogens is 1. The number of hydrogen-bond acceptors (Lipinski definition) is 11. The summed E-state index contributed by atoms with van der Waals surface area (Å²) in [7, 11) is 0. The van der Waals surface area contributed by atoms with E-state index in [1.165, 1.54) is 47.9 Å². The second-order valence-electron chi connectivity index (χ2n) is 23.0. The van der Waals surface area contributed by atoms with Gasteiger partial charge in [-0.25, -0.2) is 14.4 Å². The maximum absolute atomic E-state index is 12.0. The van der Waals surface area contributed by atoms with Crippen molar-refractivity contribution in [3.05, 3.63) is 262 Å². The van der Waals surface area contributed by atoms with Gasteiger partial charge in [-0.2, -0.15) is 0 Å². The summed E-state index contributed by atoms with van der Waals surface area (Å²) in [6.07, 6.45) is 8.45. The van der Waals surface area contributed by atoms with Crippen LogP contribution in [0, 0.1) is 16.2 Å². The van der Waals surface area contributed by atoms with E-state index in [1.54, 1.807) is 44.3 Å². The van der Waals surface area contributed by atoms with Crippen molar-refractivity contribution in [2.75, 3.05) is 19.8 Å². The first kappa shape index (κ1) is 60.1. The van der Waals surface area contributed by atoms with E-state index in [9.17, 15) is 24.6 Å². The number of rotatable bonds is 21. The van der Waals surface area contributed by atoms with E-state index >= 15 is 0 Å². The van der Waals surface area contributed by atoms with Gasteiger partial charge in [0.1, 0.15) is 36.1 Å². The number of pyridine rings is 1. The molecule has 0 spiro atoms. The lowest BCUT2D eigenvalue weighted by molar-refractivity contribution is 0.00963. The summed E-state index contributed by atoms with van der Waals surface area (Å²) in [6, 6.07) is 62.0. The SMILES string of the molecule is CCOC(=O)c1ccc(C(O)(c2ccc(OCc3ccccc3)cc2)C2(C)CC2)cc1.CCOC(=O)c1ccc(C(c2ccc(O)cc2)C2(C)CC2)cc1.CCOC(=O)c1ccc(C(c2ccc(OCc3ccccn3)cc2)C2(C)CC2)cc1. The third kappa shape index (κ3) is 14.6. The number of phenols is 1. The Morgan fingerprint density at radius 1 is 0.464 bits per heavy atom. The Morgan fingerprint density at radius 3 is 1.23 bits per heavy atom. The van der Waals surface area contributed by atoms with Gasteiger partial charge in [0, 0.05) is 23.4 Å². The fraction of sp³-hybridized carbons (Fsp3) is 0.315. The van der Waals surface area contributed by atoms with Crippen LogP contribution in [0.25, 0.3) is 0 Å². The van der Waals surface area contributed by atoms with Gasteiger partial charge in [0.25, 0.3) is 0 Å². The molecule has 3 aliphatic rings. The van der Waals surface area contributed by atoms with Crippen molar-refractivity contribution in [1.29, 1.82) is 0 Å². The lowest BCUT2D eigenvalue weighted by Crippen LogP contribution is -2.36. The summed E-state index contributed by atoms with van der Waals surface area (Å²) in [4.78, 5) is 40.0. The minimum atomic E-state index is -1.14. The Labute approximate surface area is 494 Å². The molecule has 3 unspecified atom stereocenters. The maximum Gasteiger partial charge on any atom is 0.338 e. The van der Waals surface area contributed by atoms with Gasteiger partial charge in [0.05, 0.1) is 42.2 Å². The van der Waals surface area contributed by atoms with Crippen LogP contribution in [0.4, 0.5) is 0 Å². The highest BCUT2D eigenvalue weighted by atomic mass is 16.5. The van der Waals surface area contributed by atoms with E-state index in [2.05, 4.69) is 50.0 Å². The van der Waals surface area contributed by atoms with Crippen LogP contribution in [0.5, 0.6) is 17.2 Å². The second kappa shape index (κ2) is 26.8. The monoisotopic (exact) mass is 1130 g/mol. The van der Waals surface area contributed by atoms with Crippen molar-refractivity contribution < 1.29 is 48.3 Å². The molecule has 1 heterocycles. The average molecular weight is 1130 g/mol. The van der Waals surface area contributed by atoms with Crippen LogP contribution >= 0.6 is 0 Å². The minimum Gasteiger partial charge on any atom is -0.508 e. The van der Waals surface area contributed by atoms with E-state index in [0.717, 1.165) is 46.7 Å². The first-order valence-corrected chi connectivity index (χ1v) is 29.3. The number of nitrogens with zero attached hydrogens (tertiary/aromatic N) is 1. The molecule has 3 saturated carbocycles. The topological polar surface area (TPSA) is 151 Å². The van der Waals surface area contributed by atoms with Crippen LogP contribution in [0.15, 0.2) is 200 Å². The van der Waals surface area contributed by atoms with Crippen LogP contribution in [0.1, 0.15) is 168 Å². The largest absolute Gasteiger partial charge is 0.508 e. The molecule has 0 bridgehead atoms. The van der Waals surface area contributed by atoms with Crippen LogP contribution in [-0.2, 0) is 33.0 Å². The molecule has 0 saturated heterocycles. The third-order valence-corrected chi connectivity index (χ3v) is 16.7.